The fourth-order valence-corrected chi connectivity index (χ4v) is 2.26. The van der Waals surface area contributed by atoms with E-state index in [1.54, 1.807) is 0 Å². The summed E-state index contributed by atoms with van der Waals surface area (Å²) in [6.45, 7) is 6.02. The van der Waals surface area contributed by atoms with Crippen LogP contribution >= 0.6 is 31.9 Å². The van der Waals surface area contributed by atoms with Crippen molar-refractivity contribution < 1.29 is 4.79 Å². The Balaban J connectivity index is 2.70. The first kappa shape index (κ1) is 14.7. The first-order valence-electron chi connectivity index (χ1n) is 5.62. The Morgan fingerprint density at radius 2 is 1.82 bits per heavy atom. The molecule has 1 unspecified atom stereocenters. The number of benzene rings is 1. The van der Waals surface area contributed by atoms with Gasteiger partial charge in [-0.1, -0.05) is 63.9 Å². The van der Waals surface area contributed by atoms with Crippen LogP contribution in [0.15, 0.2) is 28.7 Å². The highest BCUT2D eigenvalue weighted by molar-refractivity contribution is 9.10. The number of carbonyl (C=O) groups excluding carboxylic acids is 1. The second kappa shape index (κ2) is 6.55. The summed E-state index contributed by atoms with van der Waals surface area (Å²) in [4.78, 5) is 11.8. The molecule has 0 heterocycles. The Morgan fingerprint density at radius 1 is 1.24 bits per heavy atom. The van der Waals surface area contributed by atoms with Gasteiger partial charge in [-0.2, -0.15) is 0 Å². The normalized spacial score (nSPS) is 14.5. The molecule has 2 nitrogen and oxygen atoms in total. The van der Waals surface area contributed by atoms with Gasteiger partial charge in [0.05, 0.1) is 10.9 Å². The van der Waals surface area contributed by atoms with Gasteiger partial charge in [-0.25, -0.2) is 0 Å². The molecule has 1 amide bonds. The van der Waals surface area contributed by atoms with Crippen LogP contribution in [0.2, 0.25) is 0 Å². The van der Waals surface area contributed by atoms with E-state index >= 15 is 0 Å². The van der Waals surface area contributed by atoms with Gasteiger partial charge >= 0.3 is 0 Å². The molecule has 0 aromatic heterocycles. The molecule has 4 heteroatoms. The predicted molar refractivity (Wildman–Crippen MR) is 78.3 cm³/mol. The number of hydrogen-bond donors (Lipinski definition) is 1. The summed E-state index contributed by atoms with van der Waals surface area (Å²) in [5, 5.41) is 3.00. The first-order valence-corrected chi connectivity index (χ1v) is 7.33. The van der Waals surface area contributed by atoms with E-state index in [0.29, 0.717) is 0 Å². The number of carbonyl (C=O) groups is 1. The van der Waals surface area contributed by atoms with Gasteiger partial charge in [0.1, 0.15) is 0 Å². The lowest BCUT2D eigenvalue weighted by atomic mass is 10.1. The highest BCUT2D eigenvalue weighted by Crippen LogP contribution is 2.23. The highest BCUT2D eigenvalue weighted by Gasteiger charge is 2.21. The Labute approximate surface area is 119 Å². The van der Waals surface area contributed by atoms with Crippen LogP contribution in [0.5, 0.6) is 0 Å². The number of amides is 1. The zero-order valence-corrected chi connectivity index (χ0v) is 13.4. The summed E-state index contributed by atoms with van der Waals surface area (Å²) < 4.78 is 1.02. The molecule has 2 atom stereocenters. The third-order valence-electron chi connectivity index (χ3n) is 2.57. The molecule has 1 aromatic carbocycles. The molecular formula is C13H17Br2NO. The van der Waals surface area contributed by atoms with E-state index < -0.39 is 0 Å². The van der Waals surface area contributed by atoms with Gasteiger partial charge in [-0.15, -0.1) is 0 Å². The molecule has 0 aliphatic carbocycles. The molecule has 0 radical (unpaired) electrons. The summed E-state index contributed by atoms with van der Waals surface area (Å²) in [5.41, 5.74) is 1.09. The molecule has 0 saturated carbocycles. The maximum Gasteiger partial charge on any atom is 0.234 e. The molecule has 0 aliphatic heterocycles. The number of nitrogens with one attached hydrogen (secondary N) is 1. The van der Waals surface area contributed by atoms with Crippen LogP contribution in [0.25, 0.3) is 0 Å². The van der Waals surface area contributed by atoms with Crippen LogP contribution in [0.4, 0.5) is 0 Å². The summed E-state index contributed by atoms with van der Waals surface area (Å²) >= 11 is 6.89. The number of halogens is 2. The van der Waals surface area contributed by atoms with Crippen molar-refractivity contribution in [3.8, 4) is 0 Å². The summed E-state index contributed by atoms with van der Waals surface area (Å²) in [6, 6.07) is 7.91. The molecule has 1 aromatic rings. The molecular weight excluding hydrogens is 346 g/mol. The first-order chi connectivity index (χ1) is 7.93. The minimum Gasteiger partial charge on any atom is -0.349 e. The van der Waals surface area contributed by atoms with Crippen molar-refractivity contribution in [3.05, 3.63) is 34.3 Å². The molecule has 1 N–H and O–H groups in total. The van der Waals surface area contributed by atoms with Crippen LogP contribution in [0.3, 0.4) is 0 Å². The number of hydrogen-bond acceptors (Lipinski definition) is 1. The number of alkyl halides is 1. The monoisotopic (exact) mass is 361 g/mol. The van der Waals surface area contributed by atoms with Crippen molar-refractivity contribution in [2.24, 2.45) is 5.92 Å². The Morgan fingerprint density at radius 3 is 2.35 bits per heavy atom. The van der Waals surface area contributed by atoms with Gasteiger partial charge in [-0.3, -0.25) is 4.79 Å². The van der Waals surface area contributed by atoms with E-state index in [9.17, 15) is 4.79 Å². The van der Waals surface area contributed by atoms with E-state index in [2.05, 4.69) is 37.2 Å². The van der Waals surface area contributed by atoms with E-state index in [1.807, 2.05) is 45.0 Å². The van der Waals surface area contributed by atoms with Crippen LogP contribution in [0, 0.1) is 5.92 Å². The topological polar surface area (TPSA) is 29.1 Å². The Hall–Kier alpha value is -0.350. The van der Waals surface area contributed by atoms with Gasteiger partial charge in [-0.05, 0) is 24.5 Å². The minimum atomic E-state index is -0.146. The van der Waals surface area contributed by atoms with Crippen molar-refractivity contribution in [1.82, 2.24) is 5.32 Å². The molecule has 0 fully saturated rings. The highest BCUT2D eigenvalue weighted by atomic mass is 79.9. The van der Waals surface area contributed by atoms with Crippen molar-refractivity contribution >= 4 is 37.8 Å². The van der Waals surface area contributed by atoms with Crippen LogP contribution in [0.1, 0.15) is 32.4 Å². The van der Waals surface area contributed by atoms with Gasteiger partial charge in [0, 0.05) is 4.47 Å². The molecule has 0 bridgehead atoms. The third-order valence-corrected chi connectivity index (χ3v) is 4.76. The van der Waals surface area contributed by atoms with Gasteiger partial charge < -0.3 is 5.32 Å². The van der Waals surface area contributed by atoms with Crippen LogP contribution in [-0.2, 0) is 4.79 Å². The largest absolute Gasteiger partial charge is 0.349 e. The minimum absolute atomic E-state index is 0.00289. The third kappa shape index (κ3) is 4.11. The average molecular weight is 363 g/mol. The van der Waals surface area contributed by atoms with Crippen LogP contribution in [-0.4, -0.2) is 10.7 Å². The van der Waals surface area contributed by atoms with E-state index in [4.69, 9.17) is 0 Å². The summed E-state index contributed by atoms with van der Waals surface area (Å²) in [7, 11) is 0. The molecule has 0 saturated heterocycles. The molecule has 0 spiro atoms. The predicted octanol–water partition coefficient (Wildman–Crippen LogP) is 4.05. The zero-order chi connectivity index (χ0) is 13.0. The maximum absolute atomic E-state index is 11.9. The van der Waals surface area contributed by atoms with Gasteiger partial charge in [0.2, 0.25) is 5.91 Å². The van der Waals surface area contributed by atoms with Gasteiger partial charge in [0.25, 0.3) is 0 Å². The molecule has 1 rings (SSSR count). The van der Waals surface area contributed by atoms with E-state index in [1.165, 1.54) is 0 Å². The fourth-order valence-electron chi connectivity index (χ4n) is 1.50. The van der Waals surface area contributed by atoms with E-state index in [-0.39, 0.29) is 22.7 Å². The second-order valence-corrected chi connectivity index (χ2v) is 6.24. The zero-order valence-electron chi connectivity index (χ0n) is 10.2. The molecule has 17 heavy (non-hydrogen) atoms. The smallest absolute Gasteiger partial charge is 0.234 e. The standard InChI is InChI=1S/C13H17Br2NO/c1-8(2)12(15)13(17)16-9(3)10-6-4-5-7-11(10)14/h4-9,12H,1-3H3,(H,16,17)/t9-,12?/m1/s1. The average Bonchev–Trinajstić information content (AvgIpc) is 2.28. The SMILES string of the molecule is CC(C)C(Br)C(=O)N[C@H](C)c1ccccc1Br. The van der Waals surface area contributed by atoms with Crippen molar-refractivity contribution in [1.29, 1.82) is 0 Å². The second-order valence-electron chi connectivity index (χ2n) is 4.40. The molecule has 94 valence electrons. The Kier molecular flexibility index (Phi) is 5.67. The molecule has 0 aliphatic rings. The number of rotatable bonds is 4. The van der Waals surface area contributed by atoms with Crippen molar-refractivity contribution in [2.45, 2.75) is 31.6 Å². The summed E-state index contributed by atoms with van der Waals surface area (Å²) in [6.07, 6.45) is 0. The quantitative estimate of drug-likeness (QED) is 0.804. The summed E-state index contributed by atoms with van der Waals surface area (Å²) in [5.74, 6) is 0.310. The van der Waals surface area contributed by atoms with E-state index in [0.717, 1.165) is 10.0 Å². The van der Waals surface area contributed by atoms with Gasteiger partial charge in [0.15, 0.2) is 0 Å². The lowest BCUT2D eigenvalue weighted by Gasteiger charge is -2.19. The maximum atomic E-state index is 11.9. The lowest BCUT2D eigenvalue weighted by Crippen LogP contribution is -2.35. The van der Waals surface area contributed by atoms with Crippen LogP contribution < -0.4 is 5.32 Å². The van der Waals surface area contributed by atoms with Crippen molar-refractivity contribution in [2.75, 3.05) is 0 Å². The fraction of sp³-hybridized carbons (Fsp3) is 0.462. The lowest BCUT2D eigenvalue weighted by molar-refractivity contribution is -0.121. The van der Waals surface area contributed by atoms with Crippen molar-refractivity contribution in [3.63, 3.8) is 0 Å². The Bertz CT molecular complexity index is 393.